The summed E-state index contributed by atoms with van der Waals surface area (Å²) in [6.07, 6.45) is 5.43. The third-order valence-electron chi connectivity index (χ3n) is 4.63. The SMILES string of the molecule is CCC1CCCN(c2ccccc2CNCC(C)C)CC1. The third kappa shape index (κ3) is 5.03. The second-order valence-corrected chi connectivity index (χ2v) is 6.85. The molecule has 1 fully saturated rings. The van der Waals surface area contributed by atoms with E-state index in [1.165, 1.54) is 50.0 Å². The fourth-order valence-electron chi connectivity index (χ4n) is 3.28. The largest absolute Gasteiger partial charge is 0.371 e. The monoisotopic (exact) mass is 288 g/mol. The Labute approximate surface area is 130 Å². The molecular weight excluding hydrogens is 256 g/mol. The molecule has 0 spiro atoms. The summed E-state index contributed by atoms with van der Waals surface area (Å²) in [5, 5.41) is 3.59. The smallest absolute Gasteiger partial charge is 0.0411 e. The topological polar surface area (TPSA) is 15.3 Å². The number of nitrogens with one attached hydrogen (secondary N) is 1. The molecule has 0 bridgehead atoms. The zero-order valence-electron chi connectivity index (χ0n) is 14.1. The Hall–Kier alpha value is -1.02. The first-order chi connectivity index (χ1) is 10.2. The van der Waals surface area contributed by atoms with Crippen LogP contribution in [0.25, 0.3) is 0 Å². The minimum absolute atomic E-state index is 0.709. The predicted octanol–water partition coefficient (Wildman–Crippen LogP) is 4.45. The molecule has 21 heavy (non-hydrogen) atoms. The number of benzene rings is 1. The lowest BCUT2D eigenvalue weighted by molar-refractivity contribution is 0.459. The van der Waals surface area contributed by atoms with Crippen LogP contribution in [0.2, 0.25) is 0 Å². The summed E-state index contributed by atoms with van der Waals surface area (Å²) in [6, 6.07) is 8.94. The van der Waals surface area contributed by atoms with E-state index in [0.717, 1.165) is 19.0 Å². The zero-order chi connectivity index (χ0) is 15.1. The van der Waals surface area contributed by atoms with Gasteiger partial charge in [-0.3, -0.25) is 0 Å². The Morgan fingerprint density at radius 1 is 1.19 bits per heavy atom. The van der Waals surface area contributed by atoms with E-state index in [2.05, 4.69) is 55.3 Å². The van der Waals surface area contributed by atoms with Crippen LogP contribution in [0, 0.1) is 11.8 Å². The molecule has 2 rings (SSSR count). The number of nitrogens with zero attached hydrogens (tertiary/aromatic N) is 1. The van der Waals surface area contributed by atoms with Crippen molar-refractivity contribution in [1.82, 2.24) is 5.32 Å². The van der Waals surface area contributed by atoms with Gasteiger partial charge < -0.3 is 10.2 Å². The van der Waals surface area contributed by atoms with Gasteiger partial charge in [-0.1, -0.05) is 45.4 Å². The van der Waals surface area contributed by atoms with Crippen molar-refractivity contribution in [3.05, 3.63) is 29.8 Å². The van der Waals surface area contributed by atoms with Gasteiger partial charge in [-0.05, 0) is 49.3 Å². The minimum atomic E-state index is 0.709. The first kappa shape index (κ1) is 16.4. The van der Waals surface area contributed by atoms with Crippen molar-refractivity contribution in [1.29, 1.82) is 0 Å². The second kappa shape index (κ2) is 8.43. The molecule has 1 aromatic carbocycles. The molecule has 1 aromatic rings. The molecule has 0 amide bonds. The molecule has 1 saturated heterocycles. The molecule has 2 nitrogen and oxygen atoms in total. The van der Waals surface area contributed by atoms with E-state index in [4.69, 9.17) is 0 Å². The second-order valence-electron chi connectivity index (χ2n) is 6.85. The predicted molar refractivity (Wildman–Crippen MR) is 92.8 cm³/mol. The fraction of sp³-hybridized carbons (Fsp3) is 0.684. The summed E-state index contributed by atoms with van der Waals surface area (Å²) in [4.78, 5) is 2.61. The van der Waals surface area contributed by atoms with E-state index in [1.807, 2.05) is 0 Å². The molecule has 1 aliphatic heterocycles. The molecule has 1 N–H and O–H groups in total. The van der Waals surface area contributed by atoms with E-state index in [9.17, 15) is 0 Å². The Morgan fingerprint density at radius 2 is 2.00 bits per heavy atom. The Morgan fingerprint density at radius 3 is 2.76 bits per heavy atom. The van der Waals surface area contributed by atoms with Crippen LogP contribution in [0.3, 0.4) is 0 Å². The molecular formula is C19H32N2. The van der Waals surface area contributed by atoms with Crippen molar-refractivity contribution in [2.24, 2.45) is 11.8 Å². The molecule has 1 unspecified atom stereocenters. The average Bonchev–Trinajstić information content (AvgIpc) is 2.73. The summed E-state index contributed by atoms with van der Waals surface area (Å²) in [7, 11) is 0. The zero-order valence-corrected chi connectivity index (χ0v) is 14.1. The summed E-state index contributed by atoms with van der Waals surface area (Å²) in [5.41, 5.74) is 2.90. The van der Waals surface area contributed by atoms with Crippen molar-refractivity contribution in [2.75, 3.05) is 24.5 Å². The van der Waals surface area contributed by atoms with Crippen LogP contribution in [0.4, 0.5) is 5.69 Å². The number of rotatable bonds is 6. The first-order valence-corrected chi connectivity index (χ1v) is 8.74. The summed E-state index contributed by atoms with van der Waals surface area (Å²) < 4.78 is 0. The maximum Gasteiger partial charge on any atom is 0.0411 e. The standard InChI is InChI=1S/C19H32N2/c1-4-17-8-7-12-21(13-11-17)19-10-6-5-9-18(19)15-20-14-16(2)3/h5-6,9-10,16-17,20H,4,7-8,11-15H2,1-3H3. The van der Waals surface area contributed by atoms with Gasteiger partial charge in [0.15, 0.2) is 0 Å². The van der Waals surface area contributed by atoms with Gasteiger partial charge in [-0.25, -0.2) is 0 Å². The highest BCUT2D eigenvalue weighted by atomic mass is 15.1. The molecule has 2 heteroatoms. The van der Waals surface area contributed by atoms with Crippen LogP contribution < -0.4 is 10.2 Å². The van der Waals surface area contributed by atoms with Gasteiger partial charge in [0, 0.05) is 25.3 Å². The van der Waals surface area contributed by atoms with Crippen molar-refractivity contribution >= 4 is 5.69 Å². The van der Waals surface area contributed by atoms with Crippen molar-refractivity contribution in [3.8, 4) is 0 Å². The molecule has 1 aliphatic rings. The molecule has 1 heterocycles. The molecule has 0 aliphatic carbocycles. The van der Waals surface area contributed by atoms with Crippen molar-refractivity contribution in [2.45, 2.75) is 53.0 Å². The van der Waals surface area contributed by atoms with Crippen LogP contribution in [0.1, 0.15) is 52.0 Å². The van der Waals surface area contributed by atoms with Crippen LogP contribution in [0.15, 0.2) is 24.3 Å². The van der Waals surface area contributed by atoms with Gasteiger partial charge in [0.05, 0.1) is 0 Å². The lowest BCUT2D eigenvalue weighted by Crippen LogP contribution is -2.27. The normalized spacial score (nSPS) is 19.8. The molecule has 1 atom stereocenters. The summed E-state index contributed by atoms with van der Waals surface area (Å²) in [5.74, 6) is 1.64. The van der Waals surface area contributed by atoms with Crippen molar-refractivity contribution in [3.63, 3.8) is 0 Å². The van der Waals surface area contributed by atoms with E-state index in [-0.39, 0.29) is 0 Å². The van der Waals surface area contributed by atoms with E-state index < -0.39 is 0 Å². The molecule has 0 radical (unpaired) electrons. The molecule has 0 aromatic heterocycles. The van der Waals surface area contributed by atoms with E-state index >= 15 is 0 Å². The summed E-state index contributed by atoms with van der Waals surface area (Å²) in [6.45, 7) is 11.4. The Balaban J connectivity index is 2.01. The Kier molecular flexibility index (Phi) is 6.56. The number of hydrogen-bond acceptors (Lipinski definition) is 2. The van der Waals surface area contributed by atoms with Crippen LogP contribution in [0.5, 0.6) is 0 Å². The lowest BCUT2D eigenvalue weighted by Gasteiger charge is -2.26. The quantitative estimate of drug-likeness (QED) is 0.832. The van der Waals surface area contributed by atoms with Crippen LogP contribution >= 0.6 is 0 Å². The highest BCUT2D eigenvalue weighted by molar-refractivity contribution is 5.53. The maximum absolute atomic E-state index is 3.59. The number of anilines is 1. The fourth-order valence-corrected chi connectivity index (χ4v) is 3.28. The number of hydrogen-bond donors (Lipinski definition) is 1. The van der Waals surface area contributed by atoms with Crippen LogP contribution in [-0.2, 0) is 6.54 Å². The Bertz CT molecular complexity index is 414. The lowest BCUT2D eigenvalue weighted by atomic mass is 9.98. The van der Waals surface area contributed by atoms with E-state index in [1.54, 1.807) is 0 Å². The van der Waals surface area contributed by atoms with Gasteiger partial charge in [0.2, 0.25) is 0 Å². The summed E-state index contributed by atoms with van der Waals surface area (Å²) >= 11 is 0. The third-order valence-corrected chi connectivity index (χ3v) is 4.63. The highest BCUT2D eigenvalue weighted by Crippen LogP contribution is 2.27. The van der Waals surface area contributed by atoms with E-state index in [0.29, 0.717) is 5.92 Å². The van der Waals surface area contributed by atoms with Gasteiger partial charge in [0.25, 0.3) is 0 Å². The average molecular weight is 288 g/mol. The van der Waals surface area contributed by atoms with Gasteiger partial charge in [0.1, 0.15) is 0 Å². The molecule has 118 valence electrons. The number of para-hydroxylation sites is 1. The van der Waals surface area contributed by atoms with Gasteiger partial charge in [-0.2, -0.15) is 0 Å². The van der Waals surface area contributed by atoms with Gasteiger partial charge >= 0.3 is 0 Å². The highest BCUT2D eigenvalue weighted by Gasteiger charge is 2.17. The minimum Gasteiger partial charge on any atom is -0.371 e. The first-order valence-electron chi connectivity index (χ1n) is 8.74. The van der Waals surface area contributed by atoms with Crippen molar-refractivity contribution < 1.29 is 0 Å². The molecule has 0 saturated carbocycles. The van der Waals surface area contributed by atoms with Crippen LogP contribution in [-0.4, -0.2) is 19.6 Å². The van der Waals surface area contributed by atoms with Gasteiger partial charge in [-0.15, -0.1) is 0 Å². The maximum atomic E-state index is 3.59.